The monoisotopic (exact) mass is 466 g/mol. The SMILES string of the molecule is COc1cc(NC(=O)c2ccccc2-c2ccc(Cn3cccn3)cc2)ccc1N1CCCC1=O. The molecule has 0 radical (unpaired) electrons. The van der Waals surface area contributed by atoms with Gasteiger partial charge in [0.2, 0.25) is 5.91 Å². The number of methoxy groups -OCH3 is 1. The van der Waals surface area contributed by atoms with Crippen molar-refractivity contribution in [3.05, 3.63) is 96.3 Å². The Morgan fingerprint density at radius 1 is 1.06 bits per heavy atom. The molecule has 0 spiro atoms. The number of anilines is 2. The third-order valence-corrected chi connectivity index (χ3v) is 6.14. The van der Waals surface area contributed by atoms with Gasteiger partial charge in [-0.05, 0) is 47.4 Å². The van der Waals surface area contributed by atoms with Gasteiger partial charge in [0.25, 0.3) is 5.91 Å². The molecule has 4 aromatic rings. The van der Waals surface area contributed by atoms with Crippen molar-refractivity contribution in [3.63, 3.8) is 0 Å². The normalized spacial score (nSPS) is 13.2. The van der Waals surface area contributed by atoms with Crippen LogP contribution < -0.4 is 15.0 Å². The van der Waals surface area contributed by atoms with E-state index in [1.165, 1.54) is 0 Å². The first-order valence-corrected chi connectivity index (χ1v) is 11.6. The minimum Gasteiger partial charge on any atom is -0.494 e. The Morgan fingerprint density at radius 2 is 1.89 bits per heavy atom. The fraction of sp³-hybridized carbons (Fsp3) is 0.179. The summed E-state index contributed by atoms with van der Waals surface area (Å²) in [4.78, 5) is 27.1. The van der Waals surface area contributed by atoms with Crippen LogP contribution in [0.15, 0.2) is 85.2 Å². The summed E-state index contributed by atoms with van der Waals surface area (Å²) in [5, 5.41) is 7.23. The van der Waals surface area contributed by atoms with Gasteiger partial charge in [0.05, 0.1) is 19.3 Å². The Hall–Kier alpha value is -4.39. The van der Waals surface area contributed by atoms with Crippen molar-refractivity contribution < 1.29 is 14.3 Å². The number of rotatable bonds is 7. The molecule has 0 aliphatic carbocycles. The zero-order chi connectivity index (χ0) is 24.2. The Balaban J connectivity index is 1.36. The summed E-state index contributed by atoms with van der Waals surface area (Å²) in [5.41, 5.74) is 4.84. The van der Waals surface area contributed by atoms with E-state index < -0.39 is 0 Å². The van der Waals surface area contributed by atoms with Crippen molar-refractivity contribution in [2.75, 3.05) is 23.9 Å². The molecule has 1 saturated heterocycles. The number of nitrogens with zero attached hydrogens (tertiary/aromatic N) is 3. The molecule has 2 amide bonds. The molecule has 0 atom stereocenters. The standard InChI is InChI=1S/C28H26N4O3/c1-35-26-18-22(13-14-25(26)32-17-4-8-27(32)33)30-28(34)24-7-3-2-6-23(24)21-11-9-20(10-12-21)19-31-16-5-15-29-31/h2-3,5-7,9-16,18H,4,8,17,19H2,1H3,(H,30,34). The van der Waals surface area contributed by atoms with Gasteiger partial charge in [0.1, 0.15) is 5.75 Å². The van der Waals surface area contributed by atoms with E-state index in [2.05, 4.69) is 22.5 Å². The van der Waals surface area contributed by atoms with Crippen molar-refractivity contribution in [2.24, 2.45) is 0 Å². The van der Waals surface area contributed by atoms with Gasteiger partial charge in [-0.3, -0.25) is 14.3 Å². The number of carbonyl (C=O) groups is 2. The summed E-state index contributed by atoms with van der Waals surface area (Å²) in [6.45, 7) is 1.37. The molecule has 1 N–H and O–H groups in total. The second-order valence-corrected chi connectivity index (χ2v) is 8.44. The Labute approximate surface area is 204 Å². The Morgan fingerprint density at radius 3 is 2.60 bits per heavy atom. The summed E-state index contributed by atoms with van der Waals surface area (Å²) < 4.78 is 7.39. The molecule has 0 bridgehead atoms. The van der Waals surface area contributed by atoms with Crippen molar-refractivity contribution in [2.45, 2.75) is 19.4 Å². The number of carbonyl (C=O) groups excluding carboxylic acids is 2. The maximum absolute atomic E-state index is 13.3. The van der Waals surface area contributed by atoms with Gasteiger partial charge >= 0.3 is 0 Å². The molecule has 1 aromatic heterocycles. The predicted octanol–water partition coefficient (Wildman–Crippen LogP) is 4.99. The van der Waals surface area contributed by atoms with Crippen LogP contribution in [0.25, 0.3) is 11.1 Å². The molecule has 1 aliphatic heterocycles. The number of hydrogen-bond acceptors (Lipinski definition) is 4. The van der Waals surface area contributed by atoms with E-state index in [9.17, 15) is 9.59 Å². The van der Waals surface area contributed by atoms with Gasteiger partial charge in [0.15, 0.2) is 0 Å². The van der Waals surface area contributed by atoms with E-state index in [-0.39, 0.29) is 11.8 Å². The van der Waals surface area contributed by atoms with Gasteiger partial charge in [-0.25, -0.2) is 0 Å². The molecular weight excluding hydrogens is 440 g/mol. The molecule has 0 saturated carbocycles. The number of hydrogen-bond donors (Lipinski definition) is 1. The van der Waals surface area contributed by atoms with E-state index in [1.54, 1.807) is 30.3 Å². The first-order chi connectivity index (χ1) is 17.1. The minimum absolute atomic E-state index is 0.0876. The second-order valence-electron chi connectivity index (χ2n) is 8.44. The van der Waals surface area contributed by atoms with Crippen molar-refractivity contribution in [1.82, 2.24) is 9.78 Å². The van der Waals surface area contributed by atoms with Crippen LogP contribution in [0.1, 0.15) is 28.8 Å². The van der Waals surface area contributed by atoms with E-state index in [1.807, 2.05) is 59.4 Å². The number of aromatic nitrogens is 2. The van der Waals surface area contributed by atoms with Crippen LogP contribution in [-0.4, -0.2) is 35.2 Å². The molecule has 7 nitrogen and oxygen atoms in total. The number of ether oxygens (including phenoxy) is 1. The summed E-state index contributed by atoms with van der Waals surface area (Å²) >= 11 is 0. The molecular formula is C28H26N4O3. The van der Waals surface area contributed by atoms with E-state index in [4.69, 9.17) is 4.74 Å². The highest BCUT2D eigenvalue weighted by Gasteiger charge is 2.24. The third-order valence-electron chi connectivity index (χ3n) is 6.14. The average Bonchev–Trinajstić information content (AvgIpc) is 3.56. The largest absolute Gasteiger partial charge is 0.494 e. The molecule has 2 heterocycles. The molecule has 7 heteroatoms. The number of amides is 2. The van der Waals surface area contributed by atoms with Crippen LogP contribution in [0.3, 0.4) is 0 Å². The van der Waals surface area contributed by atoms with E-state index in [0.29, 0.717) is 36.5 Å². The second kappa shape index (κ2) is 9.85. The third kappa shape index (κ3) is 4.80. The van der Waals surface area contributed by atoms with Gasteiger partial charge in [-0.1, -0.05) is 42.5 Å². The molecule has 35 heavy (non-hydrogen) atoms. The zero-order valence-electron chi connectivity index (χ0n) is 19.5. The van der Waals surface area contributed by atoms with Gasteiger partial charge in [-0.15, -0.1) is 0 Å². The highest BCUT2D eigenvalue weighted by molar-refractivity contribution is 6.09. The minimum atomic E-state index is -0.215. The van der Waals surface area contributed by atoms with Crippen molar-refractivity contribution in [1.29, 1.82) is 0 Å². The maximum atomic E-state index is 13.3. The smallest absolute Gasteiger partial charge is 0.256 e. The van der Waals surface area contributed by atoms with Crippen LogP contribution in [0.4, 0.5) is 11.4 Å². The van der Waals surface area contributed by atoms with E-state index >= 15 is 0 Å². The molecule has 3 aromatic carbocycles. The summed E-state index contributed by atoms with van der Waals surface area (Å²) in [7, 11) is 1.57. The van der Waals surface area contributed by atoms with Crippen LogP contribution in [-0.2, 0) is 11.3 Å². The topological polar surface area (TPSA) is 76.5 Å². The summed E-state index contributed by atoms with van der Waals surface area (Å²) in [6.07, 6.45) is 5.07. The van der Waals surface area contributed by atoms with Gasteiger partial charge in [0, 0.05) is 42.7 Å². The highest BCUT2D eigenvalue weighted by atomic mass is 16.5. The van der Waals surface area contributed by atoms with Crippen molar-refractivity contribution >= 4 is 23.2 Å². The fourth-order valence-corrected chi connectivity index (χ4v) is 4.38. The Kier molecular flexibility index (Phi) is 6.30. The lowest BCUT2D eigenvalue weighted by atomic mass is 9.98. The Bertz CT molecular complexity index is 1350. The lowest BCUT2D eigenvalue weighted by molar-refractivity contribution is -0.117. The molecule has 1 aliphatic rings. The lowest BCUT2D eigenvalue weighted by Crippen LogP contribution is -2.24. The maximum Gasteiger partial charge on any atom is 0.256 e. The van der Waals surface area contributed by atoms with Crippen LogP contribution in [0.2, 0.25) is 0 Å². The summed E-state index contributed by atoms with van der Waals surface area (Å²) in [6, 6.07) is 23.0. The summed E-state index contributed by atoms with van der Waals surface area (Å²) in [5.74, 6) is 0.428. The van der Waals surface area contributed by atoms with Gasteiger partial charge in [-0.2, -0.15) is 5.10 Å². The zero-order valence-corrected chi connectivity index (χ0v) is 19.5. The first-order valence-electron chi connectivity index (χ1n) is 11.6. The molecule has 1 fully saturated rings. The first kappa shape index (κ1) is 22.4. The average molecular weight is 467 g/mol. The quantitative estimate of drug-likeness (QED) is 0.417. The van der Waals surface area contributed by atoms with Crippen LogP contribution in [0, 0.1) is 0 Å². The fourth-order valence-electron chi connectivity index (χ4n) is 4.38. The lowest BCUT2D eigenvalue weighted by Gasteiger charge is -2.20. The van der Waals surface area contributed by atoms with Crippen LogP contribution in [0.5, 0.6) is 5.75 Å². The number of benzene rings is 3. The molecule has 5 rings (SSSR count). The van der Waals surface area contributed by atoms with Crippen LogP contribution >= 0.6 is 0 Å². The van der Waals surface area contributed by atoms with Crippen molar-refractivity contribution in [3.8, 4) is 16.9 Å². The van der Waals surface area contributed by atoms with Gasteiger partial charge < -0.3 is 15.0 Å². The number of nitrogens with one attached hydrogen (secondary N) is 1. The predicted molar refractivity (Wildman–Crippen MR) is 136 cm³/mol. The van der Waals surface area contributed by atoms with E-state index in [0.717, 1.165) is 28.8 Å². The molecule has 0 unspecified atom stereocenters. The highest BCUT2D eigenvalue weighted by Crippen LogP contribution is 2.34. The molecule has 176 valence electrons.